The molecule has 0 saturated carbocycles. The zero-order valence-electron chi connectivity index (χ0n) is 10.2. The van der Waals surface area contributed by atoms with Crippen LogP contribution in [-0.2, 0) is 0 Å². The number of fused-ring (bicyclic) bond motifs is 1. The van der Waals surface area contributed by atoms with E-state index < -0.39 is 22.8 Å². The third-order valence-electron chi connectivity index (χ3n) is 2.68. The number of nitrogens with one attached hydrogen (secondary N) is 1. The summed E-state index contributed by atoms with van der Waals surface area (Å²) >= 11 is 5.69. The SMILES string of the molecule is C=CCNn1cc(C(=O)O)c(=O)c2cc(F)c(Cl)cc21. The highest BCUT2D eigenvalue weighted by Gasteiger charge is 2.16. The molecule has 0 aliphatic rings. The van der Waals surface area contributed by atoms with Crippen molar-refractivity contribution >= 4 is 28.5 Å². The van der Waals surface area contributed by atoms with Gasteiger partial charge in [-0.15, -0.1) is 6.58 Å². The van der Waals surface area contributed by atoms with Crippen LogP contribution >= 0.6 is 11.6 Å². The Morgan fingerprint density at radius 3 is 2.85 bits per heavy atom. The number of rotatable bonds is 4. The maximum Gasteiger partial charge on any atom is 0.341 e. The minimum absolute atomic E-state index is 0.0663. The number of carboxylic acid groups (broad SMARTS) is 1. The summed E-state index contributed by atoms with van der Waals surface area (Å²) in [5.41, 5.74) is 1.88. The second-order valence-electron chi connectivity index (χ2n) is 3.98. The molecule has 1 aromatic heterocycles. The molecule has 20 heavy (non-hydrogen) atoms. The number of pyridine rings is 1. The van der Waals surface area contributed by atoms with Gasteiger partial charge in [-0.3, -0.25) is 9.47 Å². The van der Waals surface area contributed by atoms with Gasteiger partial charge in [0.05, 0.1) is 15.9 Å². The summed E-state index contributed by atoms with van der Waals surface area (Å²) in [6.07, 6.45) is 2.68. The van der Waals surface area contributed by atoms with Gasteiger partial charge in [-0.25, -0.2) is 9.18 Å². The van der Waals surface area contributed by atoms with Gasteiger partial charge in [0.25, 0.3) is 0 Å². The molecule has 7 heteroatoms. The minimum Gasteiger partial charge on any atom is -0.477 e. The van der Waals surface area contributed by atoms with E-state index in [1.165, 1.54) is 10.7 Å². The first-order valence-corrected chi connectivity index (χ1v) is 5.96. The lowest BCUT2D eigenvalue weighted by molar-refractivity contribution is 0.0695. The highest BCUT2D eigenvalue weighted by molar-refractivity contribution is 6.31. The fraction of sp³-hybridized carbons (Fsp3) is 0.0769. The first-order valence-electron chi connectivity index (χ1n) is 5.58. The number of hydrogen-bond donors (Lipinski definition) is 2. The number of hydrogen-bond acceptors (Lipinski definition) is 3. The van der Waals surface area contributed by atoms with E-state index in [1.54, 1.807) is 6.08 Å². The highest BCUT2D eigenvalue weighted by Crippen LogP contribution is 2.21. The monoisotopic (exact) mass is 296 g/mol. The number of carboxylic acids is 1. The van der Waals surface area contributed by atoms with Crippen LogP contribution in [0.15, 0.2) is 35.8 Å². The Bertz CT molecular complexity index is 770. The van der Waals surface area contributed by atoms with Crippen molar-refractivity contribution in [2.45, 2.75) is 0 Å². The van der Waals surface area contributed by atoms with Crippen LogP contribution in [-0.4, -0.2) is 22.3 Å². The maximum atomic E-state index is 13.5. The van der Waals surface area contributed by atoms with E-state index in [0.717, 1.165) is 12.3 Å². The Balaban J connectivity index is 2.85. The number of benzene rings is 1. The van der Waals surface area contributed by atoms with Crippen molar-refractivity contribution in [1.82, 2.24) is 4.68 Å². The average Bonchev–Trinajstić information content (AvgIpc) is 2.40. The fourth-order valence-corrected chi connectivity index (χ4v) is 1.92. The molecule has 0 unspecified atom stereocenters. The lowest BCUT2D eigenvalue weighted by atomic mass is 10.1. The largest absolute Gasteiger partial charge is 0.477 e. The number of nitrogens with zero attached hydrogens (tertiary/aromatic N) is 1. The van der Waals surface area contributed by atoms with Gasteiger partial charge in [0.15, 0.2) is 0 Å². The summed E-state index contributed by atoms with van der Waals surface area (Å²) < 4.78 is 14.8. The zero-order chi connectivity index (χ0) is 14.9. The van der Waals surface area contributed by atoms with E-state index in [-0.39, 0.29) is 15.9 Å². The predicted octanol–water partition coefficient (Wildman–Crippen LogP) is 2.22. The summed E-state index contributed by atoms with van der Waals surface area (Å²) in [4.78, 5) is 23.1. The Labute approximate surface area is 117 Å². The van der Waals surface area contributed by atoms with E-state index in [9.17, 15) is 14.0 Å². The Kier molecular flexibility index (Phi) is 3.76. The van der Waals surface area contributed by atoms with Crippen molar-refractivity contribution in [3.05, 3.63) is 57.6 Å². The minimum atomic E-state index is -1.39. The van der Waals surface area contributed by atoms with Crippen LogP contribution in [0.1, 0.15) is 10.4 Å². The Hall–Kier alpha value is -2.34. The lowest BCUT2D eigenvalue weighted by Gasteiger charge is -2.13. The Morgan fingerprint density at radius 1 is 1.55 bits per heavy atom. The summed E-state index contributed by atoms with van der Waals surface area (Å²) in [5.74, 6) is -2.17. The molecule has 0 amide bonds. The van der Waals surface area contributed by atoms with Crippen LogP contribution in [0.2, 0.25) is 5.02 Å². The van der Waals surface area contributed by atoms with Gasteiger partial charge < -0.3 is 10.5 Å². The van der Waals surface area contributed by atoms with Crippen LogP contribution in [0.25, 0.3) is 10.9 Å². The zero-order valence-corrected chi connectivity index (χ0v) is 10.9. The molecular weight excluding hydrogens is 287 g/mol. The summed E-state index contributed by atoms with van der Waals surface area (Å²) in [6, 6.07) is 2.19. The molecule has 0 aliphatic carbocycles. The molecule has 104 valence electrons. The van der Waals surface area contributed by atoms with Crippen LogP contribution in [0, 0.1) is 5.82 Å². The number of aromatic nitrogens is 1. The molecule has 0 atom stereocenters. The van der Waals surface area contributed by atoms with Gasteiger partial charge in [0.2, 0.25) is 5.43 Å². The van der Waals surface area contributed by atoms with E-state index >= 15 is 0 Å². The molecule has 1 heterocycles. The van der Waals surface area contributed by atoms with Crippen molar-refractivity contribution in [3.8, 4) is 0 Å². The van der Waals surface area contributed by atoms with E-state index in [1.807, 2.05) is 0 Å². The summed E-state index contributed by atoms with van der Waals surface area (Å²) in [6.45, 7) is 3.85. The van der Waals surface area contributed by atoms with E-state index in [0.29, 0.717) is 6.54 Å². The van der Waals surface area contributed by atoms with Gasteiger partial charge in [-0.05, 0) is 12.1 Å². The van der Waals surface area contributed by atoms with Crippen molar-refractivity contribution in [2.75, 3.05) is 12.0 Å². The van der Waals surface area contributed by atoms with Gasteiger partial charge in [0, 0.05) is 12.7 Å². The van der Waals surface area contributed by atoms with Gasteiger partial charge in [0.1, 0.15) is 11.4 Å². The predicted molar refractivity (Wildman–Crippen MR) is 74.6 cm³/mol. The summed E-state index contributed by atoms with van der Waals surface area (Å²) in [7, 11) is 0. The molecule has 1 aromatic carbocycles. The van der Waals surface area contributed by atoms with Crippen LogP contribution < -0.4 is 10.9 Å². The van der Waals surface area contributed by atoms with Gasteiger partial charge in [-0.1, -0.05) is 17.7 Å². The molecule has 5 nitrogen and oxygen atoms in total. The maximum absolute atomic E-state index is 13.5. The first kappa shape index (κ1) is 14.1. The van der Waals surface area contributed by atoms with Crippen molar-refractivity contribution in [1.29, 1.82) is 0 Å². The standard InChI is InChI=1S/C13H10ClFN2O3/c1-2-3-16-17-6-8(13(19)20)12(18)7-4-10(15)9(14)5-11(7)17/h2,4-6,16H,1,3H2,(H,19,20). The molecule has 2 N–H and O–H groups in total. The Morgan fingerprint density at radius 2 is 2.25 bits per heavy atom. The molecule has 0 spiro atoms. The number of carbonyl (C=O) groups is 1. The number of halogens is 2. The molecule has 0 fully saturated rings. The van der Waals surface area contributed by atoms with Crippen LogP contribution in [0.3, 0.4) is 0 Å². The number of aromatic carboxylic acids is 1. The quantitative estimate of drug-likeness (QED) is 0.849. The molecule has 0 radical (unpaired) electrons. The lowest BCUT2D eigenvalue weighted by Crippen LogP contribution is -2.24. The van der Waals surface area contributed by atoms with Gasteiger partial charge in [-0.2, -0.15) is 0 Å². The van der Waals surface area contributed by atoms with E-state index in [4.69, 9.17) is 16.7 Å². The third kappa shape index (κ3) is 2.37. The molecule has 0 bridgehead atoms. The molecule has 2 rings (SSSR count). The summed E-state index contributed by atoms with van der Waals surface area (Å²) in [5, 5.41) is 8.79. The molecule has 0 saturated heterocycles. The smallest absolute Gasteiger partial charge is 0.341 e. The fourth-order valence-electron chi connectivity index (χ4n) is 1.77. The van der Waals surface area contributed by atoms with Crippen LogP contribution in [0.4, 0.5) is 4.39 Å². The first-order chi connectivity index (χ1) is 9.45. The molecule has 0 aliphatic heterocycles. The van der Waals surface area contributed by atoms with Crippen molar-refractivity contribution in [2.24, 2.45) is 0 Å². The second-order valence-corrected chi connectivity index (χ2v) is 4.39. The highest BCUT2D eigenvalue weighted by atomic mass is 35.5. The molecular formula is C13H10ClFN2O3. The van der Waals surface area contributed by atoms with Gasteiger partial charge >= 0.3 is 5.97 Å². The van der Waals surface area contributed by atoms with E-state index in [2.05, 4.69) is 12.0 Å². The van der Waals surface area contributed by atoms with Crippen molar-refractivity contribution < 1.29 is 14.3 Å². The van der Waals surface area contributed by atoms with Crippen molar-refractivity contribution in [3.63, 3.8) is 0 Å². The topological polar surface area (TPSA) is 71.3 Å². The second kappa shape index (κ2) is 5.34. The van der Waals surface area contributed by atoms with Crippen LogP contribution in [0.5, 0.6) is 0 Å². The molecule has 2 aromatic rings. The normalized spacial score (nSPS) is 10.5. The third-order valence-corrected chi connectivity index (χ3v) is 2.97. The average molecular weight is 297 g/mol.